The van der Waals surface area contributed by atoms with E-state index in [0.717, 1.165) is 44.3 Å². The first-order valence-electron chi connectivity index (χ1n) is 17.2. The Morgan fingerprint density at radius 3 is 1.98 bits per heavy atom. The number of carbonyl (C=O) groups excluding carboxylic acids is 1. The van der Waals surface area contributed by atoms with E-state index in [1.807, 2.05) is 18.2 Å². The molecule has 4 aromatic rings. The predicted molar refractivity (Wildman–Crippen MR) is 194 cm³/mol. The maximum atomic E-state index is 12.9. The van der Waals surface area contributed by atoms with Crippen molar-refractivity contribution in [2.45, 2.75) is 72.1 Å². The number of ether oxygens (including phenoxy) is 4. The van der Waals surface area contributed by atoms with Crippen molar-refractivity contribution in [2.24, 2.45) is 15.2 Å². The van der Waals surface area contributed by atoms with E-state index in [1.165, 1.54) is 12.8 Å². The van der Waals surface area contributed by atoms with Gasteiger partial charge in [-0.2, -0.15) is 5.11 Å². The highest BCUT2D eigenvalue weighted by molar-refractivity contribution is 5.91. The minimum Gasteiger partial charge on any atom is -0.507 e. The highest BCUT2D eigenvalue weighted by atomic mass is 16.5. The Labute approximate surface area is 289 Å². The first-order chi connectivity index (χ1) is 24.0. The summed E-state index contributed by atoms with van der Waals surface area (Å²) in [5, 5.41) is 19.2. The van der Waals surface area contributed by atoms with Gasteiger partial charge in [0.25, 0.3) is 0 Å². The Morgan fingerprint density at radius 2 is 1.27 bits per heavy atom. The van der Waals surface area contributed by atoms with Gasteiger partial charge in [0, 0.05) is 23.9 Å². The fourth-order valence-corrected chi connectivity index (χ4v) is 4.57. The number of hydrogen-bond acceptors (Lipinski definition) is 9. The molecule has 0 saturated heterocycles. The first-order valence-corrected chi connectivity index (χ1v) is 17.2. The van der Waals surface area contributed by atoms with Crippen molar-refractivity contribution >= 4 is 29.2 Å². The highest BCUT2D eigenvalue weighted by Gasteiger charge is 2.12. The molecule has 0 unspecified atom stereocenters. The Morgan fingerprint density at radius 1 is 0.633 bits per heavy atom. The number of hydrogen-bond donors (Lipinski definition) is 1. The van der Waals surface area contributed by atoms with Gasteiger partial charge in [0.1, 0.15) is 28.7 Å². The molecule has 0 fully saturated rings. The van der Waals surface area contributed by atoms with Gasteiger partial charge in [-0.1, -0.05) is 52.9 Å². The molecule has 1 N–H and O–H groups in total. The van der Waals surface area contributed by atoms with Crippen LogP contribution in [0.3, 0.4) is 0 Å². The summed E-state index contributed by atoms with van der Waals surface area (Å²) in [6.07, 6.45) is 9.99. The average Bonchev–Trinajstić information content (AvgIpc) is 3.12. The largest absolute Gasteiger partial charge is 0.507 e. The minimum absolute atomic E-state index is 0.105. The Balaban J connectivity index is 1.37. The summed E-state index contributed by atoms with van der Waals surface area (Å²) in [6, 6.07) is 24.5. The molecule has 0 aliphatic carbocycles. The summed E-state index contributed by atoms with van der Waals surface area (Å²) in [6.45, 7) is 8.14. The molecule has 0 aliphatic rings. The normalized spacial score (nSPS) is 11.2. The van der Waals surface area contributed by atoms with Crippen LogP contribution in [0.15, 0.2) is 100 Å². The summed E-state index contributed by atoms with van der Waals surface area (Å²) in [7, 11) is 0. The van der Waals surface area contributed by atoms with Crippen LogP contribution < -0.4 is 18.9 Å². The zero-order chi connectivity index (χ0) is 34.7. The smallest absolute Gasteiger partial charge is 0.343 e. The van der Waals surface area contributed by atoms with E-state index in [-0.39, 0.29) is 5.75 Å². The van der Waals surface area contributed by atoms with Gasteiger partial charge in [0.05, 0.1) is 36.8 Å². The summed E-state index contributed by atoms with van der Waals surface area (Å²) >= 11 is 0. The SMILES string of the molecule is CCCCCCOc1ccc(C(=O)Oc2ccc(N=Nc3ccc(N=Cc4ccc(OCCCC)cc4O)cc3)c(OCCCC)c2)cc1. The van der Waals surface area contributed by atoms with Gasteiger partial charge in [-0.15, -0.1) is 5.11 Å². The van der Waals surface area contributed by atoms with Crippen LogP contribution >= 0.6 is 0 Å². The maximum absolute atomic E-state index is 12.9. The fourth-order valence-electron chi connectivity index (χ4n) is 4.57. The topological polar surface area (TPSA) is 111 Å². The second-order valence-electron chi connectivity index (χ2n) is 11.6. The van der Waals surface area contributed by atoms with Gasteiger partial charge in [0.2, 0.25) is 0 Å². The van der Waals surface area contributed by atoms with Gasteiger partial charge < -0.3 is 24.1 Å². The van der Waals surface area contributed by atoms with E-state index in [0.29, 0.717) is 65.3 Å². The monoisotopic (exact) mass is 665 g/mol. The number of carbonyl (C=O) groups is 1. The van der Waals surface area contributed by atoms with Gasteiger partial charge in [-0.25, -0.2) is 4.79 Å². The number of nitrogens with zero attached hydrogens (tertiary/aromatic N) is 3. The molecule has 9 heteroatoms. The number of phenolic OH excluding ortho intramolecular Hbond substituents is 1. The van der Waals surface area contributed by atoms with Crippen molar-refractivity contribution in [2.75, 3.05) is 19.8 Å². The Bertz CT molecular complexity index is 1650. The van der Waals surface area contributed by atoms with Crippen molar-refractivity contribution in [3.05, 3.63) is 96.1 Å². The van der Waals surface area contributed by atoms with Crippen LogP contribution in [-0.2, 0) is 0 Å². The number of unbranched alkanes of at least 4 members (excludes halogenated alkanes) is 5. The highest BCUT2D eigenvalue weighted by Crippen LogP contribution is 2.34. The third-order valence-corrected chi connectivity index (χ3v) is 7.50. The molecule has 49 heavy (non-hydrogen) atoms. The Hall–Kier alpha value is -5.18. The van der Waals surface area contributed by atoms with E-state index in [2.05, 4.69) is 36.0 Å². The predicted octanol–water partition coefficient (Wildman–Crippen LogP) is 11.1. The molecule has 9 nitrogen and oxygen atoms in total. The number of esters is 1. The third-order valence-electron chi connectivity index (χ3n) is 7.50. The lowest BCUT2D eigenvalue weighted by Crippen LogP contribution is -2.08. The van der Waals surface area contributed by atoms with Gasteiger partial charge in [-0.05, 0) is 92.1 Å². The lowest BCUT2D eigenvalue weighted by atomic mass is 10.2. The lowest BCUT2D eigenvalue weighted by Gasteiger charge is -2.11. The number of aromatic hydroxyl groups is 1. The molecule has 0 aliphatic heterocycles. The minimum atomic E-state index is -0.477. The standard InChI is InChI=1S/C40H47N3O6/c1-4-7-10-11-26-46-34-19-12-30(13-20-34)40(45)49-36-22-23-37(39(28-36)48-25-9-6-3)43-42-33-17-15-32(16-18-33)41-29-31-14-21-35(27-38(31)44)47-24-8-5-2/h12-23,27-29,44H,4-11,24-26H2,1-3H3. The number of aliphatic imine (C=N–C) groups is 1. The molecule has 0 heterocycles. The van der Waals surface area contributed by atoms with Crippen LogP contribution in [0.25, 0.3) is 0 Å². The second kappa shape index (κ2) is 20.2. The summed E-state index contributed by atoms with van der Waals surface area (Å²) in [4.78, 5) is 17.4. The van der Waals surface area contributed by atoms with Crippen molar-refractivity contribution in [3.8, 4) is 28.7 Å². The number of phenols is 1. The molecule has 0 atom stereocenters. The number of benzene rings is 4. The van der Waals surface area contributed by atoms with E-state index in [1.54, 1.807) is 72.9 Å². The molecule has 0 radical (unpaired) electrons. The van der Waals surface area contributed by atoms with Crippen LogP contribution in [0.5, 0.6) is 28.7 Å². The zero-order valence-electron chi connectivity index (χ0n) is 28.8. The van der Waals surface area contributed by atoms with Crippen LogP contribution in [0, 0.1) is 0 Å². The molecule has 0 bridgehead atoms. The molecular weight excluding hydrogens is 618 g/mol. The van der Waals surface area contributed by atoms with Crippen LogP contribution in [0.1, 0.15) is 88.1 Å². The average molecular weight is 666 g/mol. The maximum Gasteiger partial charge on any atom is 0.343 e. The van der Waals surface area contributed by atoms with Crippen molar-refractivity contribution < 1.29 is 28.8 Å². The van der Waals surface area contributed by atoms with E-state index in [9.17, 15) is 9.90 Å². The fraction of sp³-hybridized carbons (Fsp3) is 0.350. The molecule has 4 rings (SSSR count). The quantitative estimate of drug-likeness (QED) is 0.0330. The van der Waals surface area contributed by atoms with Crippen molar-refractivity contribution in [1.29, 1.82) is 0 Å². The van der Waals surface area contributed by atoms with Crippen LogP contribution in [0.4, 0.5) is 17.1 Å². The van der Waals surface area contributed by atoms with Crippen molar-refractivity contribution in [3.63, 3.8) is 0 Å². The molecule has 0 spiro atoms. The second-order valence-corrected chi connectivity index (χ2v) is 11.6. The molecule has 0 amide bonds. The molecule has 0 aromatic heterocycles. The van der Waals surface area contributed by atoms with Gasteiger partial charge in [0.15, 0.2) is 5.75 Å². The number of rotatable bonds is 20. The third kappa shape index (κ3) is 12.4. The summed E-state index contributed by atoms with van der Waals surface area (Å²) in [5.74, 6) is 1.80. The van der Waals surface area contributed by atoms with Crippen LogP contribution in [0.2, 0.25) is 0 Å². The van der Waals surface area contributed by atoms with Crippen LogP contribution in [-0.4, -0.2) is 37.1 Å². The lowest BCUT2D eigenvalue weighted by molar-refractivity contribution is 0.0734. The van der Waals surface area contributed by atoms with Gasteiger partial charge >= 0.3 is 5.97 Å². The molecular formula is C40H47N3O6. The molecule has 258 valence electrons. The molecule has 0 saturated carbocycles. The molecule has 4 aromatic carbocycles. The Kier molecular flexibility index (Phi) is 15.1. The zero-order valence-corrected chi connectivity index (χ0v) is 28.8. The summed E-state index contributed by atoms with van der Waals surface area (Å²) in [5.41, 5.74) is 2.84. The van der Waals surface area contributed by atoms with E-state index < -0.39 is 5.97 Å². The van der Waals surface area contributed by atoms with Gasteiger partial charge in [-0.3, -0.25) is 4.99 Å². The summed E-state index contributed by atoms with van der Waals surface area (Å²) < 4.78 is 23.1. The van der Waals surface area contributed by atoms with E-state index >= 15 is 0 Å². The first kappa shape index (κ1) is 36.7. The number of azo groups is 1. The van der Waals surface area contributed by atoms with E-state index in [4.69, 9.17) is 18.9 Å². The van der Waals surface area contributed by atoms with Crippen molar-refractivity contribution in [1.82, 2.24) is 0 Å².